The van der Waals surface area contributed by atoms with E-state index in [1.165, 1.54) is 0 Å². The van der Waals surface area contributed by atoms with Crippen LogP contribution in [0.1, 0.15) is 27.2 Å². The number of carbonyl (C=O) groups is 1. The molecule has 1 heterocycles. The van der Waals surface area contributed by atoms with Crippen LogP contribution < -0.4 is 5.32 Å². The van der Waals surface area contributed by atoms with Crippen molar-refractivity contribution in [2.24, 2.45) is 0 Å². The average Bonchev–Trinajstić information content (AvgIpc) is 3.10. The monoisotopic (exact) mass is 464 g/mol. The number of carbonyl (C=O) groups excluding carboxylic acids is 1. The minimum atomic E-state index is -0.113. The van der Waals surface area contributed by atoms with Gasteiger partial charge in [0.25, 0.3) is 5.91 Å². The topological polar surface area (TPSA) is 44.9 Å². The van der Waals surface area contributed by atoms with Crippen LogP contribution in [-0.4, -0.2) is 10.9 Å². The van der Waals surface area contributed by atoms with Crippen molar-refractivity contribution < 1.29 is 4.79 Å². The number of hydrogen-bond acceptors (Lipinski definition) is 1. The van der Waals surface area contributed by atoms with Crippen molar-refractivity contribution >= 4 is 56.5 Å². The second-order valence-corrected chi connectivity index (χ2v) is 8.01. The molecule has 0 atom stereocenters. The van der Waals surface area contributed by atoms with Gasteiger partial charge in [-0.25, -0.2) is 0 Å². The fraction of sp³-hybridized carbons (Fsp3) is 0.0417. The molecular weight excluding hydrogens is 448 g/mol. The van der Waals surface area contributed by atoms with Gasteiger partial charge >= 0.3 is 0 Å². The Hall–Kier alpha value is -2.82. The van der Waals surface area contributed by atoms with Gasteiger partial charge < -0.3 is 10.3 Å². The van der Waals surface area contributed by atoms with Crippen molar-refractivity contribution in [3.05, 3.63) is 105 Å². The van der Waals surface area contributed by atoms with Crippen molar-refractivity contribution in [1.82, 2.24) is 10.3 Å². The van der Waals surface area contributed by atoms with E-state index in [-0.39, 0.29) is 5.91 Å². The number of fused-ring (bicyclic) bond motifs is 1. The molecule has 0 aliphatic carbocycles. The Labute approximate surface area is 182 Å². The van der Waals surface area contributed by atoms with Crippen LogP contribution in [0.4, 0.5) is 0 Å². The zero-order valence-electron chi connectivity index (χ0n) is 15.5. The molecule has 3 aromatic carbocycles. The molecule has 0 unspecified atom stereocenters. The molecule has 4 aromatic rings. The number of nitrogens with one attached hydrogen (secondary N) is 2. The molecule has 5 heteroatoms. The smallest absolute Gasteiger partial charge is 0.254 e. The van der Waals surface area contributed by atoms with Crippen molar-refractivity contribution in [3.8, 4) is 0 Å². The fourth-order valence-electron chi connectivity index (χ4n) is 3.18. The van der Waals surface area contributed by atoms with Crippen molar-refractivity contribution in [1.29, 1.82) is 0 Å². The minimum absolute atomic E-state index is 0.113. The van der Waals surface area contributed by atoms with E-state index < -0.39 is 0 Å². The normalized spacial score (nSPS) is 11.2. The maximum absolute atomic E-state index is 13.1. The number of halogens is 2. The van der Waals surface area contributed by atoms with E-state index in [9.17, 15) is 4.79 Å². The molecule has 0 radical (unpaired) electrons. The van der Waals surface area contributed by atoms with Crippen molar-refractivity contribution in [2.75, 3.05) is 0 Å². The van der Waals surface area contributed by atoms with Gasteiger partial charge in [-0.05, 0) is 41.5 Å². The van der Waals surface area contributed by atoms with Crippen LogP contribution in [0.3, 0.4) is 0 Å². The molecule has 0 fully saturated rings. The summed E-state index contributed by atoms with van der Waals surface area (Å²) in [6.07, 6.45) is 3.89. The molecule has 0 saturated heterocycles. The summed E-state index contributed by atoms with van der Waals surface area (Å²) in [6, 6.07) is 23.3. The fourth-order valence-corrected chi connectivity index (χ4v) is 3.67. The molecule has 0 aliphatic rings. The largest absolute Gasteiger partial charge is 0.354 e. The molecule has 1 amide bonds. The Kier molecular flexibility index (Phi) is 5.84. The summed E-state index contributed by atoms with van der Waals surface area (Å²) in [7, 11) is 0. The van der Waals surface area contributed by atoms with E-state index in [4.69, 9.17) is 11.6 Å². The number of aromatic amines is 1. The first kappa shape index (κ1) is 19.5. The van der Waals surface area contributed by atoms with Gasteiger partial charge in [0.2, 0.25) is 0 Å². The lowest BCUT2D eigenvalue weighted by Gasteiger charge is -2.06. The van der Waals surface area contributed by atoms with Crippen LogP contribution >= 0.6 is 27.5 Å². The van der Waals surface area contributed by atoms with Gasteiger partial charge in [-0.2, -0.15) is 0 Å². The molecule has 144 valence electrons. The summed E-state index contributed by atoms with van der Waals surface area (Å²) < 4.78 is 0.954. The summed E-state index contributed by atoms with van der Waals surface area (Å²) in [5.74, 6) is -0.113. The molecule has 3 nitrogen and oxygen atoms in total. The predicted octanol–water partition coefficient (Wildman–Crippen LogP) is 6.68. The molecule has 1 aromatic heterocycles. The molecule has 29 heavy (non-hydrogen) atoms. The molecule has 0 spiro atoms. The zero-order valence-corrected chi connectivity index (χ0v) is 17.8. The zero-order chi connectivity index (χ0) is 20.2. The number of hydrogen-bond donors (Lipinski definition) is 2. The Morgan fingerprint density at radius 3 is 2.52 bits per heavy atom. The van der Waals surface area contributed by atoms with E-state index in [1.807, 2.05) is 84.9 Å². The van der Waals surface area contributed by atoms with E-state index in [0.717, 1.165) is 32.2 Å². The van der Waals surface area contributed by atoms with Gasteiger partial charge in [0.05, 0.1) is 11.3 Å². The standard InChI is InChI=1S/C24H18BrClN2O/c25-18-9-12-20-22(14-18)28-21(13-8-16-6-10-19(26)11-7-16)23(20)24(29)27-15-17-4-2-1-3-5-17/h1-14,28H,15H2,(H,27,29). The Balaban J connectivity index is 1.67. The summed E-state index contributed by atoms with van der Waals surface area (Å²) in [5, 5.41) is 4.61. The summed E-state index contributed by atoms with van der Waals surface area (Å²) in [5.41, 5.74) is 4.36. The first-order valence-electron chi connectivity index (χ1n) is 9.17. The van der Waals surface area contributed by atoms with Gasteiger partial charge in [0.1, 0.15) is 0 Å². The van der Waals surface area contributed by atoms with Gasteiger partial charge in [-0.15, -0.1) is 0 Å². The highest BCUT2D eigenvalue weighted by molar-refractivity contribution is 9.10. The Bertz CT molecular complexity index is 1180. The molecule has 4 rings (SSSR count). The van der Waals surface area contributed by atoms with Crippen LogP contribution in [0, 0.1) is 0 Å². The molecule has 0 saturated carbocycles. The first-order chi connectivity index (χ1) is 14.1. The highest BCUT2D eigenvalue weighted by Crippen LogP contribution is 2.27. The number of H-pyrrole nitrogens is 1. The maximum Gasteiger partial charge on any atom is 0.254 e. The quantitative estimate of drug-likeness (QED) is 0.339. The highest BCUT2D eigenvalue weighted by Gasteiger charge is 2.17. The molecule has 2 N–H and O–H groups in total. The second-order valence-electron chi connectivity index (χ2n) is 6.66. The lowest BCUT2D eigenvalue weighted by Crippen LogP contribution is -2.23. The van der Waals surface area contributed by atoms with Crippen LogP contribution in [0.5, 0.6) is 0 Å². The van der Waals surface area contributed by atoms with Crippen molar-refractivity contribution in [2.45, 2.75) is 6.54 Å². The van der Waals surface area contributed by atoms with E-state index in [1.54, 1.807) is 0 Å². The lowest BCUT2D eigenvalue weighted by molar-refractivity contribution is 0.0952. The van der Waals surface area contributed by atoms with Gasteiger partial charge in [-0.3, -0.25) is 4.79 Å². The van der Waals surface area contributed by atoms with E-state index in [0.29, 0.717) is 17.1 Å². The number of aromatic nitrogens is 1. The Morgan fingerprint density at radius 2 is 1.76 bits per heavy atom. The number of rotatable bonds is 5. The Morgan fingerprint density at radius 1 is 1.00 bits per heavy atom. The van der Waals surface area contributed by atoms with Gasteiger partial charge in [-0.1, -0.05) is 82.1 Å². The SMILES string of the molecule is O=C(NCc1ccccc1)c1c(C=Cc2ccc(Cl)cc2)[nH]c2cc(Br)ccc12. The molecule has 0 bridgehead atoms. The third kappa shape index (κ3) is 4.61. The van der Waals surface area contributed by atoms with Crippen LogP contribution in [0.15, 0.2) is 77.3 Å². The highest BCUT2D eigenvalue weighted by atomic mass is 79.9. The van der Waals surface area contributed by atoms with E-state index >= 15 is 0 Å². The number of amides is 1. The minimum Gasteiger partial charge on any atom is -0.354 e. The average molecular weight is 466 g/mol. The number of benzene rings is 3. The van der Waals surface area contributed by atoms with Crippen molar-refractivity contribution in [3.63, 3.8) is 0 Å². The first-order valence-corrected chi connectivity index (χ1v) is 10.3. The summed E-state index contributed by atoms with van der Waals surface area (Å²) >= 11 is 9.46. The third-order valence-corrected chi connectivity index (χ3v) is 5.37. The summed E-state index contributed by atoms with van der Waals surface area (Å²) in [6.45, 7) is 0.475. The summed E-state index contributed by atoms with van der Waals surface area (Å²) in [4.78, 5) is 16.4. The van der Waals surface area contributed by atoms with Gasteiger partial charge in [0, 0.05) is 26.9 Å². The second kappa shape index (κ2) is 8.68. The lowest BCUT2D eigenvalue weighted by atomic mass is 10.1. The predicted molar refractivity (Wildman–Crippen MR) is 124 cm³/mol. The third-order valence-electron chi connectivity index (χ3n) is 4.63. The van der Waals surface area contributed by atoms with E-state index in [2.05, 4.69) is 26.2 Å². The van der Waals surface area contributed by atoms with Crippen LogP contribution in [-0.2, 0) is 6.54 Å². The maximum atomic E-state index is 13.1. The van der Waals surface area contributed by atoms with Crippen LogP contribution in [0.2, 0.25) is 5.02 Å². The molecular formula is C24H18BrClN2O. The van der Waals surface area contributed by atoms with Gasteiger partial charge in [0.15, 0.2) is 0 Å². The van der Waals surface area contributed by atoms with Crippen LogP contribution in [0.25, 0.3) is 23.1 Å². The molecule has 0 aliphatic heterocycles.